The molecule has 2 aromatic rings. The highest BCUT2D eigenvalue weighted by Gasteiger charge is 2.31. The maximum atomic E-state index is 11.6. The quantitative estimate of drug-likeness (QED) is 0.368. The number of hydrogen-bond donors (Lipinski definition) is 1. The van der Waals surface area contributed by atoms with Gasteiger partial charge in [0.15, 0.2) is 11.4 Å². The zero-order chi connectivity index (χ0) is 17.0. The Morgan fingerprint density at radius 3 is 2.65 bits per heavy atom. The van der Waals surface area contributed by atoms with E-state index < -0.39 is 12.3 Å². The Morgan fingerprint density at radius 2 is 2.13 bits per heavy atom. The summed E-state index contributed by atoms with van der Waals surface area (Å²) in [5.74, 6) is -0.549. The van der Waals surface area contributed by atoms with Crippen LogP contribution in [-0.2, 0) is 16.3 Å². The zero-order valence-corrected chi connectivity index (χ0v) is 12.2. The van der Waals surface area contributed by atoms with Gasteiger partial charge in [-0.05, 0) is 18.2 Å². The second-order valence-corrected chi connectivity index (χ2v) is 4.47. The third kappa shape index (κ3) is 4.84. The predicted octanol–water partition coefficient (Wildman–Crippen LogP) is 1.99. The van der Waals surface area contributed by atoms with Gasteiger partial charge in [-0.25, -0.2) is 0 Å². The van der Waals surface area contributed by atoms with Crippen molar-refractivity contribution < 1.29 is 31.4 Å². The lowest BCUT2D eigenvalue weighted by Crippen LogP contribution is -2.11. The number of aryl methyl sites for hydroxylation is 1. The van der Waals surface area contributed by atoms with Crippen LogP contribution in [0.3, 0.4) is 0 Å². The summed E-state index contributed by atoms with van der Waals surface area (Å²) in [5.41, 5.74) is 6.19. The molecule has 0 saturated carbocycles. The van der Waals surface area contributed by atoms with Gasteiger partial charge in [0.1, 0.15) is 0 Å². The Bertz CT molecular complexity index is 690. The number of alkyl halides is 3. The summed E-state index contributed by atoms with van der Waals surface area (Å²) in [5, 5.41) is 3.92. The first-order chi connectivity index (χ1) is 10.8. The van der Waals surface area contributed by atoms with Crippen LogP contribution in [0.1, 0.15) is 10.5 Å². The number of primary amides is 1. The highest BCUT2D eigenvalue weighted by Crippen LogP contribution is 2.24. The number of aromatic nitrogens is 3. The summed E-state index contributed by atoms with van der Waals surface area (Å²) < 4.78 is 44.9. The Balaban J connectivity index is 1.98. The molecule has 2 N–H and O–H groups in total. The van der Waals surface area contributed by atoms with Gasteiger partial charge in [-0.2, -0.15) is 5.10 Å². The van der Waals surface area contributed by atoms with E-state index in [0.29, 0.717) is 11.4 Å². The van der Waals surface area contributed by atoms with Gasteiger partial charge < -0.3 is 9.92 Å². The van der Waals surface area contributed by atoms with Gasteiger partial charge in [0.05, 0.1) is 17.6 Å². The van der Waals surface area contributed by atoms with Crippen molar-refractivity contribution in [1.29, 1.82) is 0 Å². The minimum atomic E-state index is -4.92. The Hall–Kier alpha value is -2.31. The summed E-state index contributed by atoms with van der Waals surface area (Å²) >= 11 is -0.0149. The topological polar surface area (TPSA) is 101 Å². The highest BCUT2D eigenvalue weighted by molar-refractivity contribution is 7.90. The van der Waals surface area contributed by atoms with Gasteiger partial charge in [-0.3, -0.25) is 14.5 Å². The predicted molar refractivity (Wildman–Crippen MR) is 71.4 cm³/mol. The van der Waals surface area contributed by atoms with Crippen molar-refractivity contribution in [3.05, 3.63) is 30.1 Å². The SMILES string of the molecule is Cn1nc(C(N)=O)cc1-c1ccc(OSOOC(F)(F)F)cn1. The minimum absolute atomic E-state index is 0.0149. The average Bonchev–Trinajstić information content (AvgIpc) is 2.86. The summed E-state index contributed by atoms with van der Waals surface area (Å²) in [6.45, 7) is 0. The zero-order valence-electron chi connectivity index (χ0n) is 11.4. The van der Waals surface area contributed by atoms with E-state index in [4.69, 9.17) is 9.92 Å². The molecule has 0 aliphatic carbocycles. The van der Waals surface area contributed by atoms with Crippen LogP contribution < -0.4 is 9.92 Å². The van der Waals surface area contributed by atoms with E-state index in [9.17, 15) is 18.0 Å². The molecule has 0 aliphatic rings. The van der Waals surface area contributed by atoms with E-state index in [-0.39, 0.29) is 23.8 Å². The number of pyridine rings is 1. The van der Waals surface area contributed by atoms with E-state index in [1.54, 1.807) is 7.05 Å². The molecule has 0 unspecified atom stereocenters. The third-order valence-electron chi connectivity index (χ3n) is 2.42. The molecule has 0 radical (unpaired) electrons. The van der Waals surface area contributed by atoms with Crippen molar-refractivity contribution in [3.8, 4) is 17.1 Å². The average molecular weight is 350 g/mol. The van der Waals surface area contributed by atoms with Crippen LogP contribution >= 0.6 is 12.3 Å². The number of rotatable bonds is 6. The molecule has 0 fully saturated rings. The number of halogens is 3. The number of carbonyl (C=O) groups excluding carboxylic acids is 1. The second-order valence-electron chi connectivity index (χ2n) is 4.03. The lowest BCUT2D eigenvalue weighted by Gasteiger charge is -2.05. The first-order valence-electron chi connectivity index (χ1n) is 5.82. The van der Waals surface area contributed by atoms with Gasteiger partial charge >= 0.3 is 6.36 Å². The molecule has 0 atom stereocenters. The van der Waals surface area contributed by atoms with E-state index in [1.807, 2.05) is 0 Å². The number of nitrogens with zero attached hydrogens (tertiary/aromatic N) is 3. The number of carbonyl (C=O) groups is 1. The molecule has 23 heavy (non-hydrogen) atoms. The lowest BCUT2D eigenvalue weighted by atomic mass is 10.2. The molecule has 1 amide bonds. The van der Waals surface area contributed by atoms with Crippen LogP contribution in [0.4, 0.5) is 13.2 Å². The molecule has 0 aliphatic heterocycles. The van der Waals surface area contributed by atoms with Gasteiger partial charge in [0.2, 0.25) is 0 Å². The largest absolute Gasteiger partial charge is 0.550 e. The Morgan fingerprint density at radius 1 is 1.39 bits per heavy atom. The fourth-order valence-electron chi connectivity index (χ4n) is 1.51. The molecule has 2 rings (SSSR count). The van der Waals surface area contributed by atoms with Crippen molar-refractivity contribution in [2.45, 2.75) is 6.36 Å². The number of hydrogen-bond acceptors (Lipinski definition) is 7. The summed E-state index contributed by atoms with van der Waals surface area (Å²) in [6, 6.07) is 4.41. The normalized spacial score (nSPS) is 11.5. The van der Waals surface area contributed by atoms with Gasteiger partial charge in [0, 0.05) is 7.05 Å². The van der Waals surface area contributed by atoms with E-state index in [2.05, 4.69) is 19.3 Å². The first kappa shape index (κ1) is 17.1. The molecule has 0 saturated heterocycles. The molecular weight excluding hydrogens is 341 g/mol. The fraction of sp³-hybridized carbons (Fsp3) is 0.182. The Labute approximate surface area is 131 Å². The Kier molecular flexibility index (Phi) is 5.08. The summed E-state index contributed by atoms with van der Waals surface area (Å²) in [4.78, 5) is 18.2. The van der Waals surface area contributed by atoms with Gasteiger partial charge in [-0.15, -0.1) is 22.4 Å². The van der Waals surface area contributed by atoms with Crippen molar-refractivity contribution in [1.82, 2.24) is 14.8 Å². The van der Waals surface area contributed by atoms with Crippen molar-refractivity contribution in [2.24, 2.45) is 12.8 Å². The monoisotopic (exact) mass is 350 g/mol. The van der Waals surface area contributed by atoms with Gasteiger partial charge in [0.25, 0.3) is 18.2 Å². The lowest BCUT2D eigenvalue weighted by molar-refractivity contribution is -0.441. The standard InChI is InChI=1S/C11H9F3N4O4S/c1-18-9(4-8(17-18)10(15)19)7-3-2-6(5-16-7)20-23-22-21-11(12,13)14/h2-5H,1H3,(H2,15,19). The van der Waals surface area contributed by atoms with Crippen LogP contribution in [0, 0.1) is 0 Å². The number of nitrogens with two attached hydrogens (primary N) is 1. The molecule has 0 aromatic carbocycles. The smallest absolute Gasteiger partial charge is 0.397 e. The molecule has 2 heterocycles. The van der Waals surface area contributed by atoms with Gasteiger partial charge in [-0.1, -0.05) is 0 Å². The van der Waals surface area contributed by atoms with Crippen LogP contribution in [0.5, 0.6) is 5.75 Å². The second kappa shape index (κ2) is 6.85. The van der Waals surface area contributed by atoms with Crippen LogP contribution in [0.2, 0.25) is 0 Å². The molecule has 0 bridgehead atoms. The van der Waals surface area contributed by atoms with Crippen molar-refractivity contribution in [3.63, 3.8) is 0 Å². The molecule has 0 spiro atoms. The number of amides is 1. The minimum Gasteiger partial charge on any atom is -0.397 e. The summed E-state index contributed by atoms with van der Waals surface area (Å²) in [6.07, 6.45) is -3.67. The van der Waals surface area contributed by atoms with E-state index in [0.717, 1.165) is 0 Å². The molecule has 124 valence electrons. The van der Waals surface area contributed by atoms with Crippen molar-refractivity contribution >= 4 is 18.2 Å². The summed E-state index contributed by atoms with van der Waals surface area (Å²) in [7, 11) is 1.60. The van der Waals surface area contributed by atoms with Crippen molar-refractivity contribution in [2.75, 3.05) is 0 Å². The molecule has 8 nitrogen and oxygen atoms in total. The van der Waals surface area contributed by atoms with Crippen LogP contribution in [-0.4, -0.2) is 27.0 Å². The molecule has 2 aromatic heterocycles. The highest BCUT2D eigenvalue weighted by atomic mass is 32.2. The van der Waals surface area contributed by atoms with Crippen LogP contribution in [0.15, 0.2) is 24.4 Å². The maximum absolute atomic E-state index is 11.6. The molecular formula is C11H9F3N4O4S. The van der Waals surface area contributed by atoms with E-state index >= 15 is 0 Å². The first-order valence-corrected chi connectivity index (χ1v) is 6.49. The molecule has 12 heteroatoms. The maximum Gasteiger partial charge on any atom is 0.550 e. The van der Waals surface area contributed by atoms with Crippen LogP contribution in [0.25, 0.3) is 11.4 Å². The third-order valence-corrected chi connectivity index (χ3v) is 2.80. The fourth-order valence-corrected chi connectivity index (χ4v) is 1.82. The van der Waals surface area contributed by atoms with E-state index in [1.165, 1.54) is 29.1 Å².